The van der Waals surface area contributed by atoms with Crippen LogP contribution in [0.1, 0.15) is 37.7 Å². The van der Waals surface area contributed by atoms with E-state index >= 15 is 0 Å². The lowest BCUT2D eigenvalue weighted by molar-refractivity contribution is -0.108. The highest BCUT2D eigenvalue weighted by molar-refractivity contribution is 5.49. The van der Waals surface area contributed by atoms with Crippen LogP contribution >= 0.6 is 0 Å². The average Bonchev–Trinajstić information content (AvgIpc) is 2.21. The van der Waals surface area contributed by atoms with E-state index in [1.807, 2.05) is 6.07 Å². The summed E-state index contributed by atoms with van der Waals surface area (Å²) in [6.45, 7) is 2.17. The average molecular weight is 176 g/mol. The summed E-state index contributed by atoms with van der Waals surface area (Å²) in [7, 11) is 0. The molecule has 0 aliphatic rings. The molecule has 0 aromatic heterocycles. The largest absolute Gasteiger partial charge is 0.303 e. The molecule has 0 radical (unpaired) electrons. The Morgan fingerprint density at radius 2 is 2.00 bits per heavy atom. The lowest BCUT2D eigenvalue weighted by Crippen LogP contribution is -1.97. The van der Waals surface area contributed by atoms with Crippen LogP contribution in [0.15, 0.2) is 30.3 Å². The first-order valence-electron chi connectivity index (χ1n) is 4.87. The van der Waals surface area contributed by atoms with Crippen molar-refractivity contribution < 1.29 is 4.79 Å². The molecule has 1 aromatic carbocycles. The van der Waals surface area contributed by atoms with Gasteiger partial charge in [0.15, 0.2) is 0 Å². The van der Waals surface area contributed by atoms with Crippen LogP contribution in [-0.4, -0.2) is 6.29 Å². The molecule has 1 nitrogen and oxygen atoms in total. The summed E-state index contributed by atoms with van der Waals surface area (Å²) in [6.07, 6.45) is 3.76. The normalized spacial score (nSPS) is 12.4. The predicted molar refractivity (Wildman–Crippen MR) is 54.8 cm³/mol. The molecule has 0 N–H and O–H groups in total. The van der Waals surface area contributed by atoms with Gasteiger partial charge in [-0.25, -0.2) is 0 Å². The van der Waals surface area contributed by atoms with Gasteiger partial charge in [-0.3, -0.25) is 0 Å². The van der Waals surface area contributed by atoms with Crippen LogP contribution in [0, 0.1) is 0 Å². The molecule has 1 atom stereocenters. The molecule has 1 rings (SSSR count). The molecule has 0 saturated carbocycles. The summed E-state index contributed by atoms with van der Waals surface area (Å²) in [5.41, 5.74) is 1.35. The van der Waals surface area contributed by atoms with E-state index in [1.165, 1.54) is 5.56 Å². The number of hydrogen-bond acceptors (Lipinski definition) is 1. The van der Waals surface area contributed by atoms with Crippen molar-refractivity contribution in [2.75, 3.05) is 0 Å². The van der Waals surface area contributed by atoms with E-state index in [1.54, 1.807) is 0 Å². The minimum Gasteiger partial charge on any atom is -0.303 e. The number of carbonyl (C=O) groups is 1. The van der Waals surface area contributed by atoms with E-state index in [0.717, 1.165) is 19.1 Å². The molecular weight excluding hydrogens is 160 g/mol. The van der Waals surface area contributed by atoms with Gasteiger partial charge in [0, 0.05) is 6.42 Å². The molecule has 1 aromatic rings. The molecule has 1 heteroatoms. The Hall–Kier alpha value is -1.11. The van der Waals surface area contributed by atoms with Crippen molar-refractivity contribution in [2.24, 2.45) is 0 Å². The highest BCUT2D eigenvalue weighted by atomic mass is 16.1. The maximum atomic E-state index is 10.3. The summed E-state index contributed by atoms with van der Waals surface area (Å²) in [5, 5.41) is 0. The second-order valence-electron chi connectivity index (χ2n) is 3.26. The Kier molecular flexibility index (Phi) is 4.24. The van der Waals surface area contributed by atoms with Crippen LogP contribution in [0.5, 0.6) is 0 Å². The lowest BCUT2D eigenvalue weighted by Gasteiger charge is -2.13. The molecule has 0 heterocycles. The fraction of sp³-hybridized carbons (Fsp3) is 0.417. The maximum Gasteiger partial charge on any atom is 0.120 e. The summed E-state index contributed by atoms with van der Waals surface area (Å²) >= 11 is 0. The Balaban J connectivity index is 2.61. The second-order valence-corrected chi connectivity index (χ2v) is 3.26. The quantitative estimate of drug-likeness (QED) is 0.630. The third kappa shape index (κ3) is 3.02. The van der Waals surface area contributed by atoms with E-state index in [-0.39, 0.29) is 0 Å². The number of aldehydes is 1. The van der Waals surface area contributed by atoms with Crippen molar-refractivity contribution >= 4 is 6.29 Å². The molecule has 0 aliphatic heterocycles. The fourth-order valence-corrected chi connectivity index (χ4v) is 1.60. The summed E-state index contributed by atoms with van der Waals surface area (Å²) in [5.74, 6) is 0.548. The highest BCUT2D eigenvalue weighted by Crippen LogP contribution is 2.23. The van der Waals surface area contributed by atoms with Crippen molar-refractivity contribution in [3.8, 4) is 0 Å². The number of hydrogen-bond donors (Lipinski definition) is 0. The van der Waals surface area contributed by atoms with E-state index < -0.39 is 0 Å². The van der Waals surface area contributed by atoms with E-state index in [4.69, 9.17) is 0 Å². The molecule has 0 amide bonds. The molecule has 70 valence electrons. The Morgan fingerprint density at radius 1 is 1.31 bits per heavy atom. The SMILES string of the molecule is CC[C@H](CCC=O)c1ccccc1. The van der Waals surface area contributed by atoms with Gasteiger partial charge >= 0.3 is 0 Å². The molecule has 0 unspecified atom stereocenters. The summed E-state index contributed by atoms with van der Waals surface area (Å²) in [4.78, 5) is 10.3. The molecular formula is C12H16O. The second kappa shape index (κ2) is 5.52. The van der Waals surface area contributed by atoms with Crippen LogP contribution < -0.4 is 0 Å². The first kappa shape index (κ1) is 9.97. The van der Waals surface area contributed by atoms with Gasteiger partial charge in [-0.2, -0.15) is 0 Å². The zero-order chi connectivity index (χ0) is 9.52. The summed E-state index contributed by atoms with van der Waals surface area (Å²) < 4.78 is 0. The smallest absolute Gasteiger partial charge is 0.120 e. The zero-order valence-electron chi connectivity index (χ0n) is 8.07. The van der Waals surface area contributed by atoms with Crippen LogP contribution in [0.25, 0.3) is 0 Å². The van der Waals surface area contributed by atoms with Gasteiger partial charge in [-0.1, -0.05) is 37.3 Å². The zero-order valence-corrected chi connectivity index (χ0v) is 8.07. The van der Waals surface area contributed by atoms with Crippen LogP contribution in [0.2, 0.25) is 0 Å². The third-order valence-electron chi connectivity index (χ3n) is 2.40. The van der Waals surface area contributed by atoms with Crippen LogP contribution in [-0.2, 0) is 4.79 Å². The van der Waals surface area contributed by atoms with Gasteiger partial charge in [0.1, 0.15) is 6.29 Å². The lowest BCUT2D eigenvalue weighted by atomic mass is 9.92. The van der Waals surface area contributed by atoms with Gasteiger partial charge < -0.3 is 4.79 Å². The molecule has 0 spiro atoms. The first-order chi connectivity index (χ1) is 6.38. The van der Waals surface area contributed by atoms with Crippen molar-refractivity contribution in [1.29, 1.82) is 0 Å². The first-order valence-corrected chi connectivity index (χ1v) is 4.87. The number of benzene rings is 1. The molecule has 0 saturated heterocycles. The van der Waals surface area contributed by atoms with E-state index in [2.05, 4.69) is 31.2 Å². The number of carbonyl (C=O) groups excluding carboxylic acids is 1. The number of rotatable bonds is 5. The van der Waals surface area contributed by atoms with E-state index in [9.17, 15) is 4.79 Å². The fourth-order valence-electron chi connectivity index (χ4n) is 1.60. The predicted octanol–water partition coefficient (Wildman–Crippen LogP) is 3.16. The molecule has 13 heavy (non-hydrogen) atoms. The monoisotopic (exact) mass is 176 g/mol. The molecule has 0 aliphatic carbocycles. The van der Waals surface area contributed by atoms with E-state index in [0.29, 0.717) is 12.3 Å². The Morgan fingerprint density at radius 3 is 2.54 bits per heavy atom. The Bertz CT molecular complexity index is 241. The van der Waals surface area contributed by atoms with Crippen molar-refractivity contribution in [3.63, 3.8) is 0 Å². The minimum absolute atomic E-state index is 0.548. The Labute approximate surface area is 79.8 Å². The van der Waals surface area contributed by atoms with Crippen LogP contribution in [0.3, 0.4) is 0 Å². The summed E-state index contributed by atoms with van der Waals surface area (Å²) in [6, 6.07) is 10.4. The van der Waals surface area contributed by atoms with Gasteiger partial charge in [0.2, 0.25) is 0 Å². The standard InChI is InChI=1S/C12H16O/c1-2-11(9-6-10-13)12-7-4-3-5-8-12/h3-5,7-8,10-11H,2,6,9H2,1H3/t11-/m1/s1. The minimum atomic E-state index is 0.548. The van der Waals surface area contributed by atoms with Crippen molar-refractivity contribution in [1.82, 2.24) is 0 Å². The molecule has 0 bridgehead atoms. The maximum absolute atomic E-state index is 10.3. The van der Waals surface area contributed by atoms with Gasteiger partial charge in [0.05, 0.1) is 0 Å². The van der Waals surface area contributed by atoms with Crippen molar-refractivity contribution in [2.45, 2.75) is 32.1 Å². The highest BCUT2D eigenvalue weighted by Gasteiger charge is 2.07. The third-order valence-corrected chi connectivity index (χ3v) is 2.40. The molecule has 0 fully saturated rings. The van der Waals surface area contributed by atoms with Crippen molar-refractivity contribution in [3.05, 3.63) is 35.9 Å². The van der Waals surface area contributed by atoms with Gasteiger partial charge in [-0.15, -0.1) is 0 Å². The van der Waals surface area contributed by atoms with Crippen LogP contribution in [0.4, 0.5) is 0 Å². The van der Waals surface area contributed by atoms with Gasteiger partial charge in [-0.05, 0) is 24.3 Å². The van der Waals surface area contributed by atoms with Gasteiger partial charge in [0.25, 0.3) is 0 Å². The topological polar surface area (TPSA) is 17.1 Å².